The van der Waals surface area contributed by atoms with Crippen LogP contribution in [0, 0.1) is 0 Å². The molecule has 0 unspecified atom stereocenters. The summed E-state index contributed by atoms with van der Waals surface area (Å²) < 4.78 is 4.93. The smallest absolute Gasteiger partial charge is 0.340 e. The van der Waals surface area contributed by atoms with E-state index in [1.165, 1.54) is 12.3 Å². The number of nitrogen functional groups attached to an aromatic ring is 1. The maximum atomic E-state index is 11.7. The number of hydrogen-bond donors (Lipinski definition) is 2. The normalized spacial score (nSPS) is 11.2. The lowest BCUT2D eigenvalue weighted by Crippen LogP contribution is -2.37. The molecule has 1 aromatic heterocycles. The van der Waals surface area contributed by atoms with Gasteiger partial charge in [0.1, 0.15) is 0 Å². The molecular weight excluding hydrogens is 246 g/mol. The monoisotopic (exact) mass is 267 g/mol. The molecule has 0 saturated carbocycles. The average molecular weight is 267 g/mol. The number of anilines is 2. The highest BCUT2D eigenvalue weighted by Crippen LogP contribution is 2.24. The van der Waals surface area contributed by atoms with Crippen molar-refractivity contribution in [3.05, 3.63) is 17.8 Å². The molecular formula is C13H21N3O3. The molecule has 0 atom stereocenters. The second kappa shape index (κ2) is 5.88. The molecule has 6 nitrogen and oxygen atoms in total. The van der Waals surface area contributed by atoms with Gasteiger partial charge in [0.15, 0.2) is 5.82 Å². The van der Waals surface area contributed by atoms with Gasteiger partial charge in [-0.3, -0.25) is 0 Å². The first-order chi connectivity index (χ1) is 8.76. The summed E-state index contributed by atoms with van der Waals surface area (Å²) in [6, 6.07) is 1.52. The number of carbonyl (C=O) groups is 1. The Balaban J connectivity index is 3.03. The van der Waals surface area contributed by atoms with E-state index in [2.05, 4.69) is 4.98 Å². The first-order valence-corrected chi connectivity index (χ1v) is 6.11. The van der Waals surface area contributed by atoms with Gasteiger partial charge in [0.05, 0.1) is 23.5 Å². The van der Waals surface area contributed by atoms with Gasteiger partial charge in [-0.25, -0.2) is 9.78 Å². The Morgan fingerprint density at radius 1 is 1.58 bits per heavy atom. The van der Waals surface area contributed by atoms with Crippen LogP contribution < -0.4 is 10.6 Å². The third-order valence-corrected chi connectivity index (χ3v) is 2.45. The van der Waals surface area contributed by atoms with Gasteiger partial charge in [0, 0.05) is 19.8 Å². The number of esters is 1. The van der Waals surface area contributed by atoms with Crippen LogP contribution >= 0.6 is 0 Å². The number of aliphatic hydroxyl groups is 1. The molecule has 0 aliphatic heterocycles. The Kier molecular flexibility index (Phi) is 4.72. The van der Waals surface area contributed by atoms with E-state index in [0.717, 1.165) is 0 Å². The van der Waals surface area contributed by atoms with E-state index < -0.39 is 11.6 Å². The van der Waals surface area contributed by atoms with Crippen LogP contribution in [0.25, 0.3) is 0 Å². The molecule has 0 amide bonds. The number of likely N-dealkylation sites (N-methyl/N-ethyl adjacent to an activating group) is 1. The fraction of sp³-hybridized carbons (Fsp3) is 0.538. The van der Waals surface area contributed by atoms with Crippen LogP contribution in [0.5, 0.6) is 0 Å². The van der Waals surface area contributed by atoms with Crippen LogP contribution in [0.15, 0.2) is 12.3 Å². The van der Waals surface area contributed by atoms with Gasteiger partial charge in [-0.1, -0.05) is 0 Å². The third kappa shape index (κ3) is 4.10. The second-order valence-electron chi connectivity index (χ2n) is 4.98. The Morgan fingerprint density at radius 3 is 2.74 bits per heavy atom. The number of hydrogen-bond acceptors (Lipinski definition) is 6. The van der Waals surface area contributed by atoms with Crippen molar-refractivity contribution in [2.45, 2.75) is 26.4 Å². The molecule has 0 aliphatic carbocycles. The largest absolute Gasteiger partial charge is 0.462 e. The minimum absolute atomic E-state index is 0.257. The maximum Gasteiger partial charge on any atom is 0.340 e. The maximum absolute atomic E-state index is 11.7. The van der Waals surface area contributed by atoms with Crippen LogP contribution in [0.2, 0.25) is 0 Å². The first-order valence-electron chi connectivity index (χ1n) is 6.11. The van der Waals surface area contributed by atoms with E-state index >= 15 is 0 Å². The lowest BCUT2D eigenvalue weighted by atomic mass is 10.1. The van der Waals surface area contributed by atoms with Gasteiger partial charge in [-0.05, 0) is 26.8 Å². The number of nitrogens with zero attached hydrogens (tertiary/aromatic N) is 2. The zero-order valence-electron chi connectivity index (χ0n) is 11.8. The predicted octanol–water partition coefficient (Wildman–Crippen LogP) is 1.05. The van der Waals surface area contributed by atoms with Crippen LogP contribution in [0.1, 0.15) is 31.1 Å². The molecule has 106 valence electrons. The summed E-state index contributed by atoms with van der Waals surface area (Å²) in [4.78, 5) is 17.6. The van der Waals surface area contributed by atoms with E-state index in [0.29, 0.717) is 12.4 Å². The summed E-state index contributed by atoms with van der Waals surface area (Å²) in [6.07, 6.45) is 1.50. The van der Waals surface area contributed by atoms with Crippen molar-refractivity contribution in [2.24, 2.45) is 0 Å². The van der Waals surface area contributed by atoms with E-state index in [1.54, 1.807) is 32.7 Å². The van der Waals surface area contributed by atoms with E-state index in [1.807, 2.05) is 0 Å². The van der Waals surface area contributed by atoms with Gasteiger partial charge in [0.2, 0.25) is 0 Å². The molecule has 0 spiro atoms. The fourth-order valence-electron chi connectivity index (χ4n) is 1.81. The lowest BCUT2D eigenvalue weighted by molar-refractivity contribution is 0.0527. The quantitative estimate of drug-likeness (QED) is 0.775. The predicted molar refractivity (Wildman–Crippen MR) is 74.2 cm³/mol. The Hall–Kier alpha value is -1.82. The SMILES string of the molecule is CCOC(=O)c1ccnc(N(C)CC(C)(C)O)c1N. The topological polar surface area (TPSA) is 88.7 Å². The zero-order valence-corrected chi connectivity index (χ0v) is 11.8. The molecule has 1 heterocycles. The number of pyridine rings is 1. The number of rotatable bonds is 5. The van der Waals surface area contributed by atoms with Gasteiger partial charge < -0.3 is 20.5 Å². The van der Waals surface area contributed by atoms with Gasteiger partial charge >= 0.3 is 5.97 Å². The molecule has 1 aromatic rings. The number of nitrogens with two attached hydrogens (primary N) is 1. The van der Waals surface area contributed by atoms with Crippen molar-refractivity contribution in [3.8, 4) is 0 Å². The molecule has 0 aromatic carbocycles. The van der Waals surface area contributed by atoms with Gasteiger partial charge in [0.25, 0.3) is 0 Å². The van der Waals surface area contributed by atoms with Crippen LogP contribution in [-0.2, 0) is 4.74 Å². The molecule has 0 fully saturated rings. The van der Waals surface area contributed by atoms with Crippen molar-refractivity contribution >= 4 is 17.5 Å². The molecule has 0 saturated heterocycles. The molecule has 1 rings (SSSR count). The van der Waals surface area contributed by atoms with E-state index in [4.69, 9.17) is 10.5 Å². The average Bonchev–Trinajstić information content (AvgIpc) is 2.27. The van der Waals surface area contributed by atoms with Crippen LogP contribution in [-0.4, -0.2) is 41.9 Å². The highest BCUT2D eigenvalue weighted by molar-refractivity contribution is 5.97. The summed E-state index contributed by atoms with van der Waals surface area (Å²) in [5, 5.41) is 9.80. The molecule has 0 aliphatic rings. The van der Waals surface area contributed by atoms with Crippen molar-refractivity contribution < 1.29 is 14.6 Å². The highest BCUT2D eigenvalue weighted by atomic mass is 16.5. The Morgan fingerprint density at radius 2 is 2.21 bits per heavy atom. The fourth-order valence-corrected chi connectivity index (χ4v) is 1.81. The standard InChI is InChI=1S/C13H21N3O3/c1-5-19-12(17)9-6-7-15-11(10(9)14)16(4)8-13(2,3)18/h6-7,18H,5,8,14H2,1-4H3. The molecule has 0 radical (unpaired) electrons. The molecule has 3 N–H and O–H groups in total. The molecule has 0 bridgehead atoms. The highest BCUT2D eigenvalue weighted by Gasteiger charge is 2.21. The summed E-state index contributed by atoms with van der Waals surface area (Å²) in [6.45, 7) is 5.74. The number of carbonyl (C=O) groups excluding carboxylic acids is 1. The van der Waals surface area contributed by atoms with Crippen molar-refractivity contribution in [3.63, 3.8) is 0 Å². The van der Waals surface area contributed by atoms with E-state index in [-0.39, 0.29) is 17.9 Å². The zero-order chi connectivity index (χ0) is 14.6. The lowest BCUT2D eigenvalue weighted by Gasteiger charge is -2.27. The van der Waals surface area contributed by atoms with Crippen LogP contribution in [0.3, 0.4) is 0 Å². The van der Waals surface area contributed by atoms with Gasteiger partial charge in [-0.15, -0.1) is 0 Å². The Bertz CT molecular complexity index is 455. The summed E-state index contributed by atoms with van der Waals surface area (Å²) in [5.74, 6) is -0.0204. The Labute approximate surface area is 113 Å². The first kappa shape index (κ1) is 15.2. The second-order valence-corrected chi connectivity index (χ2v) is 4.98. The van der Waals surface area contributed by atoms with Crippen LogP contribution in [0.4, 0.5) is 11.5 Å². The molecule has 19 heavy (non-hydrogen) atoms. The summed E-state index contributed by atoms with van der Waals surface area (Å²) in [5.41, 5.74) is 5.61. The number of ether oxygens (including phenoxy) is 1. The van der Waals surface area contributed by atoms with E-state index in [9.17, 15) is 9.90 Å². The summed E-state index contributed by atoms with van der Waals surface area (Å²) in [7, 11) is 1.76. The van der Waals surface area contributed by atoms with Crippen molar-refractivity contribution in [1.82, 2.24) is 4.98 Å². The van der Waals surface area contributed by atoms with Crippen molar-refractivity contribution in [1.29, 1.82) is 0 Å². The minimum atomic E-state index is -0.886. The third-order valence-electron chi connectivity index (χ3n) is 2.45. The van der Waals surface area contributed by atoms with Crippen molar-refractivity contribution in [2.75, 3.05) is 30.8 Å². The van der Waals surface area contributed by atoms with Gasteiger partial charge in [-0.2, -0.15) is 0 Å². The molecule has 6 heteroatoms. The summed E-state index contributed by atoms with van der Waals surface area (Å²) >= 11 is 0. The minimum Gasteiger partial charge on any atom is -0.462 e. The number of aromatic nitrogens is 1.